The van der Waals surface area contributed by atoms with E-state index in [0.717, 1.165) is 15.9 Å². The first-order chi connectivity index (χ1) is 7.78. The zero-order valence-corrected chi connectivity index (χ0v) is 10.2. The van der Waals surface area contributed by atoms with Crippen molar-refractivity contribution in [3.05, 3.63) is 52.4 Å². The number of rotatable bonds is 4. The molecule has 1 aromatic heterocycles. The molecule has 0 aliphatic carbocycles. The number of anilines is 1. The van der Waals surface area contributed by atoms with Gasteiger partial charge in [0.25, 0.3) is 0 Å². The fourth-order valence-electron chi connectivity index (χ4n) is 1.39. The second-order valence-electron chi connectivity index (χ2n) is 3.39. The van der Waals surface area contributed by atoms with Crippen LogP contribution < -0.4 is 5.32 Å². The monoisotopic (exact) mass is 281 g/mol. The highest BCUT2D eigenvalue weighted by Gasteiger charge is 2.00. The Bertz CT molecular complexity index is 468. The molecule has 0 aliphatic rings. The summed E-state index contributed by atoms with van der Waals surface area (Å²) >= 11 is 3.41. The van der Waals surface area contributed by atoms with Gasteiger partial charge < -0.3 is 14.8 Å². The second-order valence-corrected chi connectivity index (χ2v) is 4.31. The van der Waals surface area contributed by atoms with Crippen LogP contribution in [0.2, 0.25) is 0 Å². The first-order valence-corrected chi connectivity index (χ1v) is 5.75. The molecule has 0 bridgehead atoms. The van der Waals surface area contributed by atoms with Crippen LogP contribution in [0.4, 0.5) is 5.69 Å². The van der Waals surface area contributed by atoms with Gasteiger partial charge in [0.05, 0.1) is 6.54 Å². The van der Waals surface area contributed by atoms with E-state index in [-0.39, 0.29) is 6.61 Å². The summed E-state index contributed by atoms with van der Waals surface area (Å²) in [6, 6.07) is 11.6. The highest BCUT2D eigenvalue weighted by atomic mass is 79.9. The van der Waals surface area contributed by atoms with E-state index in [1.165, 1.54) is 0 Å². The number of halogens is 1. The van der Waals surface area contributed by atoms with Crippen molar-refractivity contribution in [1.82, 2.24) is 0 Å². The van der Waals surface area contributed by atoms with Crippen molar-refractivity contribution in [2.24, 2.45) is 0 Å². The number of benzene rings is 1. The summed E-state index contributed by atoms with van der Waals surface area (Å²) in [7, 11) is 0. The molecule has 0 fully saturated rings. The highest BCUT2D eigenvalue weighted by Crippen LogP contribution is 2.17. The molecule has 0 saturated heterocycles. The van der Waals surface area contributed by atoms with E-state index >= 15 is 0 Å². The van der Waals surface area contributed by atoms with Crippen LogP contribution in [-0.4, -0.2) is 5.11 Å². The predicted molar refractivity (Wildman–Crippen MR) is 66.1 cm³/mol. The topological polar surface area (TPSA) is 45.4 Å². The minimum absolute atomic E-state index is 0.0586. The van der Waals surface area contributed by atoms with Gasteiger partial charge >= 0.3 is 0 Å². The predicted octanol–water partition coefficient (Wildman–Crippen LogP) is 3.15. The van der Waals surface area contributed by atoms with E-state index in [4.69, 9.17) is 9.52 Å². The van der Waals surface area contributed by atoms with Crippen LogP contribution >= 0.6 is 15.9 Å². The summed E-state index contributed by atoms with van der Waals surface area (Å²) in [5, 5.41) is 12.1. The molecule has 0 aliphatic heterocycles. The van der Waals surface area contributed by atoms with Crippen molar-refractivity contribution in [3.8, 4) is 0 Å². The molecule has 0 amide bonds. The van der Waals surface area contributed by atoms with Crippen molar-refractivity contribution in [2.45, 2.75) is 13.2 Å². The van der Waals surface area contributed by atoms with Gasteiger partial charge in [0.2, 0.25) is 0 Å². The van der Waals surface area contributed by atoms with E-state index in [9.17, 15) is 0 Å². The minimum Gasteiger partial charge on any atom is -0.462 e. The van der Waals surface area contributed by atoms with Gasteiger partial charge in [-0.3, -0.25) is 0 Å². The molecule has 2 rings (SSSR count). The summed E-state index contributed by atoms with van der Waals surface area (Å²) in [5.41, 5.74) is 1.02. The average molecular weight is 282 g/mol. The molecule has 4 heteroatoms. The van der Waals surface area contributed by atoms with Crippen LogP contribution in [0, 0.1) is 0 Å². The Labute approximate surface area is 102 Å². The number of aliphatic hydroxyl groups excluding tert-OH is 1. The molecule has 0 saturated carbocycles. The van der Waals surface area contributed by atoms with Crippen molar-refractivity contribution in [3.63, 3.8) is 0 Å². The Morgan fingerprint density at radius 1 is 1.19 bits per heavy atom. The molecule has 0 atom stereocenters. The normalized spacial score (nSPS) is 10.4. The molecule has 0 spiro atoms. The fraction of sp³-hybridized carbons (Fsp3) is 0.167. The first kappa shape index (κ1) is 11.2. The Morgan fingerprint density at radius 2 is 2.00 bits per heavy atom. The van der Waals surface area contributed by atoms with Crippen molar-refractivity contribution >= 4 is 21.6 Å². The van der Waals surface area contributed by atoms with Crippen molar-refractivity contribution < 1.29 is 9.52 Å². The molecule has 0 unspecified atom stereocenters. The number of hydrogen-bond donors (Lipinski definition) is 2. The first-order valence-electron chi connectivity index (χ1n) is 4.96. The summed E-state index contributed by atoms with van der Waals surface area (Å²) in [5.74, 6) is 1.40. The van der Waals surface area contributed by atoms with Crippen molar-refractivity contribution in [1.29, 1.82) is 0 Å². The van der Waals surface area contributed by atoms with Crippen LogP contribution in [0.25, 0.3) is 0 Å². The zero-order valence-electron chi connectivity index (χ0n) is 8.61. The molecule has 3 nitrogen and oxygen atoms in total. The smallest absolute Gasteiger partial charge is 0.129 e. The average Bonchev–Trinajstić information content (AvgIpc) is 2.74. The molecular weight excluding hydrogens is 270 g/mol. The van der Waals surface area contributed by atoms with Gasteiger partial charge in [-0.1, -0.05) is 22.0 Å². The number of furan rings is 1. The molecule has 84 valence electrons. The molecular formula is C12H12BrNO2. The Balaban J connectivity index is 1.96. The molecule has 2 N–H and O–H groups in total. The van der Waals surface area contributed by atoms with E-state index < -0.39 is 0 Å². The number of hydrogen-bond acceptors (Lipinski definition) is 3. The quantitative estimate of drug-likeness (QED) is 0.905. The number of aliphatic hydroxyl groups is 1. The largest absolute Gasteiger partial charge is 0.462 e. The van der Waals surface area contributed by atoms with Gasteiger partial charge in [-0.15, -0.1) is 0 Å². The van der Waals surface area contributed by atoms with Crippen LogP contribution in [0.5, 0.6) is 0 Å². The number of nitrogens with one attached hydrogen (secondary N) is 1. The Morgan fingerprint density at radius 3 is 2.69 bits per heavy atom. The summed E-state index contributed by atoms with van der Waals surface area (Å²) in [4.78, 5) is 0. The Kier molecular flexibility index (Phi) is 3.64. The third-order valence-electron chi connectivity index (χ3n) is 2.16. The second kappa shape index (κ2) is 5.18. The van der Waals surface area contributed by atoms with Crippen LogP contribution in [0.15, 0.2) is 45.3 Å². The summed E-state index contributed by atoms with van der Waals surface area (Å²) in [6.07, 6.45) is 0. The molecule has 2 aromatic rings. The maximum absolute atomic E-state index is 8.85. The maximum Gasteiger partial charge on any atom is 0.129 e. The van der Waals surface area contributed by atoms with E-state index in [1.54, 1.807) is 6.07 Å². The SMILES string of the molecule is OCc1ccc(CNc2cccc(Br)c2)o1. The lowest BCUT2D eigenvalue weighted by molar-refractivity contribution is 0.244. The van der Waals surface area contributed by atoms with Gasteiger partial charge in [-0.2, -0.15) is 0 Å². The molecule has 1 heterocycles. The third kappa shape index (κ3) is 2.87. The Hall–Kier alpha value is -1.26. The minimum atomic E-state index is -0.0586. The van der Waals surface area contributed by atoms with E-state index in [1.807, 2.05) is 30.3 Å². The maximum atomic E-state index is 8.85. The van der Waals surface area contributed by atoms with Gasteiger partial charge in [0.15, 0.2) is 0 Å². The van der Waals surface area contributed by atoms with E-state index in [0.29, 0.717) is 12.3 Å². The molecule has 16 heavy (non-hydrogen) atoms. The van der Waals surface area contributed by atoms with E-state index in [2.05, 4.69) is 21.2 Å². The van der Waals surface area contributed by atoms with Crippen LogP contribution in [0.1, 0.15) is 11.5 Å². The van der Waals surface area contributed by atoms with Crippen LogP contribution in [0.3, 0.4) is 0 Å². The molecule has 0 radical (unpaired) electrons. The standard InChI is InChI=1S/C12H12BrNO2/c13-9-2-1-3-10(6-9)14-7-11-4-5-12(8-15)16-11/h1-6,14-15H,7-8H2. The molecule has 1 aromatic carbocycles. The van der Waals surface area contributed by atoms with Gasteiger partial charge in [-0.05, 0) is 30.3 Å². The fourth-order valence-corrected chi connectivity index (χ4v) is 1.79. The summed E-state index contributed by atoms with van der Waals surface area (Å²) < 4.78 is 6.40. The highest BCUT2D eigenvalue weighted by molar-refractivity contribution is 9.10. The van der Waals surface area contributed by atoms with Gasteiger partial charge in [-0.25, -0.2) is 0 Å². The summed E-state index contributed by atoms with van der Waals surface area (Å²) in [6.45, 7) is 0.549. The lowest BCUT2D eigenvalue weighted by Gasteiger charge is -2.04. The lowest BCUT2D eigenvalue weighted by atomic mass is 10.3. The van der Waals surface area contributed by atoms with Crippen molar-refractivity contribution in [2.75, 3.05) is 5.32 Å². The van der Waals surface area contributed by atoms with Crippen LogP contribution in [-0.2, 0) is 13.2 Å². The van der Waals surface area contributed by atoms with Gasteiger partial charge in [0, 0.05) is 10.2 Å². The lowest BCUT2D eigenvalue weighted by Crippen LogP contribution is -1.97. The van der Waals surface area contributed by atoms with Gasteiger partial charge in [0.1, 0.15) is 18.1 Å². The third-order valence-corrected chi connectivity index (χ3v) is 2.66. The zero-order chi connectivity index (χ0) is 11.4.